The Labute approximate surface area is 111 Å². The van der Waals surface area contributed by atoms with Gasteiger partial charge in [0.25, 0.3) is 6.43 Å². The van der Waals surface area contributed by atoms with Crippen molar-refractivity contribution in [1.29, 1.82) is 0 Å². The minimum absolute atomic E-state index is 0.301. The molecule has 1 N–H and O–H groups in total. The number of halogens is 2. The monoisotopic (exact) mass is 278 g/mol. The summed E-state index contributed by atoms with van der Waals surface area (Å²) in [5.74, 6) is 1.14. The first-order valence-corrected chi connectivity index (χ1v) is 7.46. The molecule has 1 spiro atoms. The van der Waals surface area contributed by atoms with E-state index < -0.39 is 13.0 Å². The van der Waals surface area contributed by atoms with Crippen molar-refractivity contribution in [3.63, 3.8) is 0 Å². The third kappa shape index (κ3) is 4.09. The number of nitrogens with one attached hydrogen (secondary N) is 1. The number of alkyl halides is 2. The Kier molecular flexibility index (Phi) is 5.24. The first-order valence-electron chi connectivity index (χ1n) is 6.47. The van der Waals surface area contributed by atoms with Crippen LogP contribution >= 0.6 is 11.8 Å². The number of amidine groups is 1. The van der Waals surface area contributed by atoms with Crippen LogP contribution in [0.25, 0.3) is 0 Å². The summed E-state index contributed by atoms with van der Waals surface area (Å²) in [4.78, 5) is 4.56. The van der Waals surface area contributed by atoms with Gasteiger partial charge >= 0.3 is 0 Å². The van der Waals surface area contributed by atoms with Gasteiger partial charge in [-0.15, -0.1) is 0 Å². The molecule has 0 amide bonds. The van der Waals surface area contributed by atoms with E-state index in [4.69, 9.17) is 4.74 Å². The van der Waals surface area contributed by atoms with Crippen LogP contribution in [0.2, 0.25) is 0 Å². The molecule has 0 aromatic carbocycles. The van der Waals surface area contributed by atoms with E-state index in [1.54, 1.807) is 11.8 Å². The quantitative estimate of drug-likeness (QED) is 0.785. The van der Waals surface area contributed by atoms with Gasteiger partial charge in [-0.3, -0.25) is 4.99 Å². The van der Waals surface area contributed by atoms with E-state index in [1.807, 2.05) is 0 Å². The molecule has 2 rings (SSSR count). The molecule has 0 saturated heterocycles. The van der Waals surface area contributed by atoms with E-state index in [0.29, 0.717) is 18.6 Å². The highest BCUT2D eigenvalue weighted by atomic mass is 32.2. The van der Waals surface area contributed by atoms with Crippen LogP contribution in [0, 0.1) is 5.41 Å². The Balaban J connectivity index is 1.61. The molecule has 2 aliphatic rings. The summed E-state index contributed by atoms with van der Waals surface area (Å²) < 4.78 is 28.4. The Hall–Kier alpha value is -0.360. The average molecular weight is 278 g/mol. The number of hydrogen-bond donors (Lipinski definition) is 1. The zero-order valence-electron chi connectivity index (χ0n) is 10.5. The number of nitrogens with zero attached hydrogens (tertiary/aromatic N) is 1. The molecule has 1 saturated carbocycles. The van der Waals surface area contributed by atoms with Crippen LogP contribution in [0.5, 0.6) is 0 Å². The number of ether oxygens (including phenoxy) is 1. The van der Waals surface area contributed by atoms with Gasteiger partial charge in [0.05, 0.1) is 6.61 Å². The second-order valence-electron chi connectivity index (χ2n) is 5.01. The highest BCUT2D eigenvalue weighted by Gasteiger charge is 2.36. The molecule has 0 aromatic heterocycles. The SMILES string of the molecule is FC(F)COCCNC1=NCC2(CCCC2)CS1. The van der Waals surface area contributed by atoms with Crippen molar-refractivity contribution in [2.24, 2.45) is 10.4 Å². The topological polar surface area (TPSA) is 33.6 Å². The predicted molar refractivity (Wildman–Crippen MR) is 70.5 cm³/mol. The predicted octanol–water partition coefficient (Wildman–Crippen LogP) is 2.52. The van der Waals surface area contributed by atoms with Gasteiger partial charge in [-0.2, -0.15) is 0 Å². The molecule has 1 fully saturated rings. The van der Waals surface area contributed by atoms with Crippen LogP contribution < -0.4 is 5.32 Å². The summed E-state index contributed by atoms with van der Waals surface area (Å²) in [7, 11) is 0. The maximum absolute atomic E-state index is 11.8. The Morgan fingerprint density at radius 2 is 2.17 bits per heavy atom. The Morgan fingerprint density at radius 1 is 1.39 bits per heavy atom. The molecule has 0 bridgehead atoms. The maximum Gasteiger partial charge on any atom is 0.261 e. The number of hydrogen-bond acceptors (Lipinski definition) is 4. The summed E-state index contributed by atoms with van der Waals surface area (Å²) in [5, 5.41) is 4.08. The molecule has 0 radical (unpaired) electrons. The van der Waals surface area contributed by atoms with Crippen molar-refractivity contribution >= 4 is 16.9 Å². The fourth-order valence-corrected chi connectivity index (χ4v) is 3.67. The van der Waals surface area contributed by atoms with Gasteiger partial charge in [0.15, 0.2) is 5.17 Å². The maximum atomic E-state index is 11.8. The van der Waals surface area contributed by atoms with Gasteiger partial charge in [0, 0.05) is 18.8 Å². The molecule has 0 aromatic rings. The summed E-state index contributed by atoms with van der Waals surface area (Å²) in [5.41, 5.74) is 0.446. The van der Waals surface area contributed by atoms with Gasteiger partial charge in [0.2, 0.25) is 0 Å². The molecule has 3 nitrogen and oxygen atoms in total. The van der Waals surface area contributed by atoms with E-state index in [9.17, 15) is 8.78 Å². The highest BCUT2D eigenvalue weighted by molar-refractivity contribution is 8.13. The van der Waals surface area contributed by atoms with Crippen molar-refractivity contribution in [3.05, 3.63) is 0 Å². The summed E-state index contributed by atoms with van der Waals surface area (Å²) >= 11 is 1.76. The lowest BCUT2D eigenvalue weighted by Gasteiger charge is -2.31. The Morgan fingerprint density at radius 3 is 2.78 bits per heavy atom. The minimum Gasteiger partial charge on any atom is -0.374 e. The average Bonchev–Trinajstić information content (AvgIpc) is 2.80. The molecule has 1 heterocycles. The first kappa shape index (κ1) is 14.1. The summed E-state index contributed by atoms with van der Waals surface area (Å²) in [6.07, 6.45) is 2.89. The third-order valence-electron chi connectivity index (χ3n) is 3.50. The van der Waals surface area contributed by atoms with Gasteiger partial charge in [0.1, 0.15) is 6.61 Å². The molecule has 1 aliphatic carbocycles. The second-order valence-corrected chi connectivity index (χ2v) is 5.97. The van der Waals surface area contributed by atoms with Crippen molar-refractivity contribution in [2.75, 3.05) is 32.1 Å². The van der Waals surface area contributed by atoms with Gasteiger partial charge < -0.3 is 10.1 Å². The van der Waals surface area contributed by atoms with Gasteiger partial charge in [-0.25, -0.2) is 8.78 Å². The zero-order valence-corrected chi connectivity index (χ0v) is 11.3. The lowest BCUT2D eigenvalue weighted by Crippen LogP contribution is -2.34. The molecular weight excluding hydrogens is 258 g/mol. The van der Waals surface area contributed by atoms with Crippen molar-refractivity contribution in [2.45, 2.75) is 32.1 Å². The van der Waals surface area contributed by atoms with Crippen molar-refractivity contribution in [3.8, 4) is 0 Å². The fraction of sp³-hybridized carbons (Fsp3) is 0.917. The van der Waals surface area contributed by atoms with Crippen molar-refractivity contribution in [1.82, 2.24) is 5.32 Å². The van der Waals surface area contributed by atoms with E-state index in [-0.39, 0.29) is 0 Å². The standard InChI is InChI=1S/C12H20F2N2OS/c13-10(14)7-17-6-5-15-11-16-8-12(9-18-11)3-1-2-4-12/h10H,1-9H2,(H,15,16). The van der Waals surface area contributed by atoms with E-state index in [0.717, 1.165) is 17.5 Å². The molecule has 18 heavy (non-hydrogen) atoms. The lowest BCUT2D eigenvalue weighted by molar-refractivity contribution is 0.0197. The van der Waals surface area contributed by atoms with Crippen LogP contribution in [-0.4, -0.2) is 43.6 Å². The van der Waals surface area contributed by atoms with Crippen LogP contribution in [0.4, 0.5) is 8.78 Å². The number of rotatable bonds is 5. The lowest BCUT2D eigenvalue weighted by atomic mass is 9.89. The largest absolute Gasteiger partial charge is 0.374 e. The van der Waals surface area contributed by atoms with Gasteiger partial charge in [-0.05, 0) is 18.3 Å². The van der Waals surface area contributed by atoms with Crippen LogP contribution in [0.3, 0.4) is 0 Å². The van der Waals surface area contributed by atoms with E-state index in [1.165, 1.54) is 25.7 Å². The smallest absolute Gasteiger partial charge is 0.261 e. The van der Waals surface area contributed by atoms with E-state index in [2.05, 4.69) is 10.3 Å². The zero-order chi connectivity index (χ0) is 12.8. The summed E-state index contributed by atoms with van der Waals surface area (Å²) in [6, 6.07) is 0. The fourth-order valence-electron chi connectivity index (χ4n) is 2.49. The molecule has 0 unspecified atom stereocenters. The molecule has 6 heteroatoms. The molecule has 104 valence electrons. The normalized spacial score (nSPS) is 22.5. The molecular formula is C12H20F2N2OS. The highest BCUT2D eigenvalue weighted by Crippen LogP contribution is 2.43. The van der Waals surface area contributed by atoms with E-state index >= 15 is 0 Å². The molecule has 1 aliphatic heterocycles. The number of thioether (sulfide) groups is 1. The molecule has 0 atom stereocenters. The second kappa shape index (κ2) is 6.70. The number of aliphatic imine (C=N–C) groups is 1. The summed E-state index contributed by atoms with van der Waals surface area (Å²) in [6.45, 7) is 1.28. The van der Waals surface area contributed by atoms with Crippen molar-refractivity contribution < 1.29 is 13.5 Å². The third-order valence-corrected chi connectivity index (χ3v) is 4.81. The minimum atomic E-state index is -2.38. The first-order chi connectivity index (χ1) is 8.70. The van der Waals surface area contributed by atoms with Crippen LogP contribution in [-0.2, 0) is 4.74 Å². The Bertz CT molecular complexity index is 294. The van der Waals surface area contributed by atoms with Gasteiger partial charge in [-0.1, -0.05) is 24.6 Å². The van der Waals surface area contributed by atoms with Crippen LogP contribution in [0.15, 0.2) is 4.99 Å². The van der Waals surface area contributed by atoms with Crippen LogP contribution in [0.1, 0.15) is 25.7 Å².